The number of rotatable bonds is 8. The van der Waals surface area contributed by atoms with Crippen LogP contribution in [0.5, 0.6) is 0 Å². The lowest BCUT2D eigenvalue weighted by atomic mass is 9.91. The van der Waals surface area contributed by atoms with Crippen molar-refractivity contribution in [3.63, 3.8) is 0 Å². The van der Waals surface area contributed by atoms with Crippen LogP contribution in [0.1, 0.15) is 58.1 Å². The molecule has 0 saturated carbocycles. The lowest BCUT2D eigenvalue weighted by Crippen LogP contribution is -2.08. The number of aryl methyl sites for hydroxylation is 1. The quantitative estimate of drug-likeness (QED) is 0.651. The van der Waals surface area contributed by atoms with Crippen molar-refractivity contribution in [3.8, 4) is 0 Å². The van der Waals surface area contributed by atoms with Gasteiger partial charge in [-0.3, -0.25) is 4.68 Å². The van der Waals surface area contributed by atoms with Gasteiger partial charge in [-0.1, -0.05) is 52.4 Å². The Hall–Kier alpha value is -0.790. The monoisotopic (exact) mass is 222 g/mol. The summed E-state index contributed by atoms with van der Waals surface area (Å²) in [7, 11) is 2.05. The molecule has 0 bridgehead atoms. The van der Waals surface area contributed by atoms with Gasteiger partial charge in [0.15, 0.2) is 0 Å². The second kappa shape index (κ2) is 7.48. The fraction of sp³-hybridized carbons (Fsp3) is 0.786. The molecule has 0 saturated heterocycles. The average Bonchev–Trinajstić information content (AvgIpc) is 2.68. The van der Waals surface area contributed by atoms with Gasteiger partial charge in [0.05, 0.1) is 0 Å². The van der Waals surface area contributed by atoms with E-state index in [4.69, 9.17) is 0 Å². The van der Waals surface area contributed by atoms with Crippen molar-refractivity contribution >= 4 is 0 Å². The summed E-state index contributed by atoms with van der Waals surface area (Å²) in [6.45, 7) is 4.56. The van der Waals surface area contributed by atoms with Crippen LogP contribution in [0, 0.1) is 5.92 Å². The second-order valence-electron chi connectivity index (χ2n) is 4.80. The zero-order chi connectivity index (χ0) is 11.8. The van der Waals surface area contributed by atoms with E-state index >= 15 is 0 Å². The molecule has 0 N–H and O–H groups in total. The molecule has 0 aliphatic rings. The molecule has 0 aromatic carbocycles. The molecular formula is C14H26N2. The third-order valence-electron chi connectivity index (χ3n) is 3.35. The Morgan fingerprint density at radius 1 is 1.19 bits per heavy atom. The van der Waals surface area contributed by atoms with Gasteiger partial charge in [-0.15, -0.1) is 0 Å². The Bertz CT molecular complexity index is 270. The molecule has 1 rings (SSSR count). The van der Waals surface area contributed by atoms with Gasteiger partial charge in [0, 0.05) is 18.9 Å². The number of hydrogen-bond donors (Lipinski definition) is 0. The third kappa shape index (κ3) is 4.38. The molecule has 0 unspecified atom stereocenters. The first-order valence-corrected chi connectivity index (χ1v) is 6.74. The molecule has 0 aliphatic carbocycles. The summed E-state index contributed by atoms with van der Waals surface area (Å²) in [5.74, 6) is 0.857. The van der Waals surface area contributed by atoms with Crippen molar-refractivity contribution in [1.29, 1.82) is 0 Å². The van der Waals surface area contributed by atoms with Crippen LogP contribution in [0.25, 0.3) is 0 Å². The lowest BCUT2D eigenvalue weighted by Gasteiger charge is -2.16. The molecule has 16 heavy (non-hydrogen) atoms. The highest BCUT2D eigenvalue weighted by molar-refractivity contribution is 5.01. The van der Waals surface area contributed by atoms with Crippen molar-refractivity contribution in [2.75, 3.05) is 0 Å². The topological polar surface area (TPSA) is 17.8 Å². The predicted octanol–water partition coefficient (Wildman–Crippen LogP) is 3.96. The zero-order valence-corrected chi connectivity index (χ0v) is 11.1. The van der Waals surface area contributed by atoms with E-state index in [0.717, 1.165) is 5.92 Å². The first-order valence-electron chi connectivity index (χ1n) is 6.74. The Labute approximate surface area is 100 Å². The van der Waals surface area contributed by atoms with E-state index in [9.17, 15) is 0 Å². The van der Waals surface area contributed by atoms with Crippen LogP contribution in [-0.2, 0) is 13.5 Å². The molecule has 0 fully saturated rings. The molecule has 0 amide bonds. The normalized spacial score (nSPS) is 11.2. The van der Waals surface area contributed by atoms with Gasteiger partial charge in [-0.2, -0.15) is 5.10 Å². The molecule has 0 spiro atoms. The van der Waals surface area contributed by atoms with Gasteiger partial charge in [0.25, 0.3) is 0 Å². The van der Waals surface area contributed by atoms with E-state index in [1.807, 2.05) is 17.9 Å². The minimum Gasteiger partial charge on any atom is -0.273 e. The Kier molecular flexibility index (Phi) is 6.20. The van der Waals surface area contributed by atoms with Gasteiger partial charge in [0.2, 0.25) is 0 Å². The van der Waals surface area contributed by atoms with Crippen LogP contribution < -0.4 is 0 Å². The van der Waals surface area contributed by atoms with E-state index in [-0.39, 0.29) is 0 Å². The molecular weight excluding hydrogens is 196 g/mol. The molecule has 0 aliphatic heterocycles. The summed E-state index contributed by atoms with van der Waals surface area (Å²) in [5.41, 5.74) is 1.39. The molecule has 1 aromatic heterocycles. The van der Waals surface area contributed by atoms with Gasteiger partial charge < -0.3 is 0 Å². The fourth-order valence-corrected chi connectivity index (χ4v) is 2.23. The standard InChI is InChI=1S/C14H26N2/c1-4-6-8-13(9-7-5-2)12-14-10-11-15-16(14)3/h10-11,13H,4-9,12H2,1-3H3. The Morgan fingerprint density at radius 2 is 1.81 bits per heavy atom. The first kappa shape index (κ1) is 13.3. The SMILES string of the molecule is CCCCC(CCCC)Cc1ccnn1C. The van der Waals surface area contributed by atoms with Crippen molar-refractivity contribution < 1.29 is 0 Å². The number of hydrogen-bond acceptors (Lipinski definition) is 1. The molecule has 0 radical (unpaired) electrons. The van der Waals surface area contributed by atoms with Crippen LogP contribution in [0.3, 0.4) is 0 Å². The van der Waals surface area contributed by atoms with E-state index in [1.54, 1.807) is 0 Å². The molecule has 0 atom stereocenters. The lowest BCUT2D eigenvalue weighted by molar-refractivity contribution is 0.408. The molecule has 2 nitrogen and oxygen atoms in total. The summed E-state index contributed by atoms with van der Waals surface area (Å²) < 4.78 is 2.02. The average molecular weight is 222 g/mol. The van der Waals surface area contributed by atoms with E-state index < -0.39 is 0 Å². The maximum Gasteiger partial charge on any atom is 0.0492 e. The minimum absolute atomic E-state index is 0.857. The largest absolute Gasteiger partial charge is 0.273 e. The van der Waals surface area contributed by atoms with E-state index in [2.05, 4.69) is 25.0 Å². The van der Waals surface area contributed by atoms with Crippen molar-refractivity contribution in [1.82, 2.24) is 9.78 Å². The van der Waals surface area contributed by atoms with E-state index in [1.165, 1.54) is 50.6 Å². The first-order chi connectivity index (χ1) is 7.77. The maximum atomic E-state index is 4.25. The zero-order valence-electron chi connectivity index (χ0n) is 11.1. The summed E-state index contributed by atoms with van der Waals surface area (Å²) in [6.07, 6.45) is 11.2. The van der Waals surface area contributed by atoms with Crippen LogP contribution in [0.2, 0.25) is 0 Å². The Balaban J connectivity index is 2.45. The summed E-state index contributed by atoms with van der Waals surface area (Å²) >= 11 is 0. The smallest absolute Gasteiger partial charge is 0.0492 e. The number of nitrogens with zero attached hydrogens (tertiary/aromatic N) is 2. The van der Waals surface area contributed by atoms with Gasteiger partial charge in [0.1, 0.15) is 0 Å². The molecule has 2 heteroatoms. The highest BCUT2D eigenvalue weighted by atomic mass is 15.2. The second-order valence-corrected chi connectivity index (χ2v) is 4.80. The summed E-state index contributed by atoms with van der Waals surface area (Å²) in [4.78, 5) is 0. The molecule has 92 valence electrons. The van der Waals surface area contributed by atoms with Crippen molar-refractivity contribution in [2.45, 2.75) is 58.8 Å². The van der Waals surface area contributed by atoms with Gasteiger partial charge >= 0.3 is 0 Å². The summed E-state index contributed by atoms with van der Waals surface area (Å²) in [5, 5.41) is 4.25. The Morgan fingerprint density at radius 3 is 2.25 bits per heavy atom. The number of unbranched alkanes of at least 4 members (excludes halogenated alkanes) is 2. The molecule has 1 heterocycles. The predicted molar refractivity (Wildman–Crippen MR) is 69.5 cm³/mol. The van der Waals surface area contributed by atoms with Crippen molar-refractivity contribution in [3.05, 3.63) is 18.0 Å². The highest BCUT2D eigenvalue weighted by Gasteiger charge is 2.10. The van der Waals surface area contributed by atoms with Crippen LogP contribution in [0.15, 0.2) is 12.3 Å². The van der Waals surface area contributed by atoms with Crippen LogP contribution in [0.4, 0.5) is 0 Å². The highest BCUT2D eigenvalue weighted by Crippen LogP contribution is 2.20. The van der Waals surface area contributed by atoms with Gasteiger partial charge in [-0.25, -0.2) is 0 Å². The van der Waals surface area contributed by atoms with Crippen molar-refractivity contribution in [2.24, 2.45) is 13.0 Å². The maximum absolute atomic E-state index is 4.25. The van der Waals surface area contributed by atoms with Gasteiger partial charge in [-0.05, 0) is 18.4 Å². The minimum atomic E-state index is 0.857. The summed E-state index contributed by atoms with van der Waals surface area (Å²) in [6, 6.07) is 2.16. The third-order valence-corrected chi connectivity index (χ3v) is 3.35. The fourth-order valence-electron chi connectivity index (χ4n) is 2.23. The number of aromatic nitrogens is 2. The van der Waals surface area contributed by atoms with E-state index in [0.29, 0.717) is 0 Å². The van der Waals surface area contributed by atoms with Crippen LogP contribution >= 0.6 is 0 Å². The molecule has 1 aromatic rings. The van der Waals surface area contributed by atoms with Crippen LogP contribution in [-0.4, -0.2) is 9.78 Å².